The Morgan fingerprint density at radius 3 is 2.39 bits per heavy atom. The van der Waals surface area contributed by atoms with Crippen molar-refractivity contribution in [3.63, 3.8) is 0 Å². The highest BCUT2D eigenvalue weighted by molar-refractivity contribution is 5.72. The number of rotatable bonds is 4. The second-order valence-electron chi connectivity index (χ2n) is 8.10. The number of fused-ring (bicyclic) bond motifs is 1. The van der Waals surface area contributed by atoms with E-state index in [0.29, 0.717) is 48.6 Å². The fraction of sp³-hybridized carbons (Fsp3) is 0.409. The third kappa shape index (κ3) is 3.94. The minimum absolute atomic E-state index is 0.127. The molecule has 1 fully saturated rings. The predicted molar refractivity (Wildman–Crippen MR) is 119 cm³/mol. The summed E-state index contributed by atoms with van der Waals surface area (Å²) in [5.74, 6) is 3.21. The number of aryl methyl sites for hydroxylation is 1. The van der Waals surface area contributed by atoms with E-state index in [1.54, 1.807) is 19.3 Å². The Bertz CT molecular complexity index is 1260. The highest BCUT2D eigenvalue weighted by Gasteiger charge is 2.26. The molecule has 0 atom stereocenters. The molecule has 3 aromatic heterocycles. The van der Waals surface area contributed by atoms with Gasteiger partial charge in [0.2, 0.25) is 5.95 Å². The van der Waals surface area contributed by atoms with Crippen molar-refractivity contribution in [2.45, 2.75) is 25.4 Å². The van der Waals surface area contributed by atoms with Crippen molar-refractivity contribution in [1.29, 1.82) is 0 Å². The summed E-state index contributed by atoms with van der Waals surface area (Å²) in [5, 5.41) is 0. The van der Waals surface area contributed by atoms with Gasteiger partial charge in [-0.3, -0.25) is 14.2 Å². The summed E-state index contributed by atoms with van der Waals surface area (Å²) >= 11 is 0. The first kappa shape index (κ1) is 20.8. The smallest absolute Gasteiger partial charge is 0.318 e. The molecule has 1 saturated heterocycles. The molecule has 0 N–H and O–H groups in total. The average molecular weight is 419 g/mol. The molecule has 3 aromatic rings. The van der Waals surface area contributed by atoms with Gasteiger partial charge in [-0.25, -0.2) is 15.0 Å². The van der Waals surface area contributed by atoms with Gasteiger partial charge in [-0.2, -0.15) is 0 Å². The lowest BCUT2D eigenvalue weighted by Crippen LogP contribution is -2.45. The fourth-order valence-electron chi connectivity index (χ4n) is 4.03. The van der Waals surface area contributed by atoms with Crippen molar-refractivity contribution in [2.24, 2.45) is 7.05 Å². The average Bonchev–Trinajstić information content (AvgIpc) is 2.78. The van der Waals surface area contributed by atoms with E-state index in [-0.39, 0.29) is 6.04 Å². The lowest BCUT2D eigenvalue weighted by atomic mass is 10.0. The lowest BCUT2D eigenvalue weighted by Gasteiger charge is -2.33. The second kappa shape index (κ2) is 8.32. The zero-order chi connectivity index (χ0) is 22.1. The molecule has 31 heavy (non-hydrogen) atoms. The number of nitrogens with zero attached hydrogens (tertiary/aromatic N) is 7. The molecule has 0 unspecified atom stereocenters. The van der Waals surface area contributed by atoms with Crippen LogP contribution in [0.25, 0.3) is 11.2 Å². The fourth-order valence-corrected chi connectivity index (χ4v) is 4.03. The molecule has 0 bridgehead atoms. The molecule has 0 radical (unpaired) electrons. The first-order chi connectivity index (χ1) is 14.9. The number of terminal acetylenes is 1. The van der Waals surface area contributed by atoms with Crippen molar-refractivity contribution in [2.75, 3.05) is 32.1 Å². The van der Waals surface area contributed by atoms with Crippen LogP contribution in [-0.2, 0) is 13.6 Å². The Morgan fingerprint density at radius 1 is 1.10 bits per heavy atom. The maximum absolute atomic E-state index is 12.8. The van der Waals surface area contributed by atoms with E-state index >= 15 is 0 Å². The monoisotopic (exact) mass is 419 g/mol. The molecule has 0 amide bonds. The standard InChI is InChI=1S/C22H25N7O2/c1-5-15-10-18-19(23-11-15)29(21(31)20(30)27(18)4)17-6-8-28(9-7-17)22-24-12-16(13-25-22)14-26(2)3/h1,10-13,17H,6-9,14H2,2-4H3. The van der Waals surface area contributed by atoms with Gasteiger partial charge in [-0.1, -0.05) is 5.92 Å². The first-order valence-corrected chi connectivity index (χ1v) is 10.2. The summed E-state index contributed by atoms with van der Waals surface area (Å²) < 4.78 is 2.86. The van der Waals surface area contributed by atoms with Crippen molar-refractivity contribution in [1.82, 2.24) is 29.0 Å². The van der Waals surface area contributed by atoms with E-state index in [0.717, 1.165) is 12.1 Å². The Kier molecular flexibility index (Phi) is 5.57. The van der Waals surface area contributed by atoms with Gasteiger partial charge in [0.15, 0.2) is 5.65 Å². The van der Waals surface area contributed by atoms with Crippen LogP contribution in [0, 0.1) is 12.3 Å². The summed E-state index contributed by atoms with van der Waals surface area (Å²) in [6.07, 6.45) is 12.1. The van der Waals surface area contributed by atoms with Crippen LogP contribution in [0.2, 0.25) is 0 Å². The van der Waals surface area contributed by atoms with E-state index < -0.39 is 11.1 Å². The van der Waals surface area contributed by atoms with Crippen LogP contribution >= 0.6 is 0 Å². The zero-order valence-electron chi connectivity index (χ0n) is 17.9. The highest BCUT2D eigenvalue weighted by Crippen LogP contribution is 2.25. The molecule has 0 saturated carbocycles. The zero-order valence-corrected chi connectivity index (χ0v) is 17.9. The Morgan fingerprint density at radius 2 is 1.77 bits per heavy atom. The number of aromatic nitrogens is 5. The number of anilines is 1. The van der Waals surface area contributed by atoms with Gasteiger partial charge in [-0.05, 0) is 33.0 Å². The molecule has 4 heterocycles. The van der Waals surface area contributed by atoms with Crippen LogP contribution in [0.3, 0.4) is 0 Å². The maximum atomic E-state index is 12.8. The summed E-state index contributed by atoms with van der Waals surface area (Å²) in [7, 11) is 5.57. The molecular weight excluding hydrogens is 394 g/mol. The SMILES string of the molecule is C#Cc1cnc2c(c1)n(C)c(=O)c(=O)n2C1CCN(c2ncc(CN(C)C)cn2)CC1. The van der Waals surface area contributed by atoms with Gasteiger partial charge < -0.3 is 14.4 Å². The summed E-state index contributed by atoms with van der Waals surface area (Å²) in [4.78, 5) is 43.0. The molecule has 1 aliphatic rings. The first-order valence-electron chi connectivity index (χ1n) is 10.2. The topological polar surface area (TPSA) is 89.2 Å². The van der Waals surface area contributed by atoms with Gasteiger partial charge in [0.05, 0.1) is 5.52 Å². The van der Waals surface area contributed by atoms with E-state index in [4.69, 9.17) is 6.42 Å². The molecule has 9 nitrogen and oxygen atoms in total. The number of piperidine rings is 1. The van der Waals surface area contributed by atoms with Crippen molar-refractivity contribution >= 4 is 17.1 Å². The van der Waals surface area contributed by atoms with Crippen molar-refractivity contribution in [3.05, 3.63) is 56.5 Å². The number of pyridine rings is 1. The maximum Gasteiger partial charge on any atom is 0.318 e. The van der Waals surface area contributed by atoms with Gasteiger partial charge >= 0.3 is 11.1 Å². The summed E-state index contributed by atoms with van der Waals surface area (Å²) in [6.45, 7) is 2.16. The predicted octanol–water partition coefficient (Wildman–Crippen LogP) is 0.770. The Labute approximate surface area is 180 Å². The molecular formula is C22H25N7O2. The van der Waals surface area contributed by atoms with Crippen LogP contribution in [-0.4, -0.2) is 56.2 Å². The second-order valence-corrected chi connectivity index (χ2v) is 8.10. The van der Waals surface area contributed by atoms with Gasteiger partial charge in [0.25, 0.3) is 0 Å². The molecule has 4 rings (SSSR count). The van der Waals surface area contributed by atoms with Crippen LogP contribution in [0.4, 0.5) is 5.95 Å². The molecule has 0 aliphatic carbocycles. The van der Waals surface area contributed by atoms with E-state index in [2.05, 4.69) is 30.7 Å². The third-order valence-electron chi connectivity index (χ3n) is 5.61. The lowest BCUT2D eigenvalue weighted by molar-refractivity contribution is 0.388. The van der Waals surface area contributed by atoms with Gasteiger partial charge in [0.1, 0.15) is 0 Å². The summed E-state index contributed by atoms with van der Waals surface area (Å²) in [5.41, 5.74) is 1.53. The third-order valence-corrected chi connectivity index (χ3v) is 5.61. The summed E-state index contributed by atoms with van der Waals surface area (Å²) in [6, 6.07) is 1.59. The van der Waals surface area contributed by atoms with Crippen molar-refractivity contribution in [3.8, 4) is 12.3 Å². The largest absolute Gasteiger partial charge is 0.341 e. The Hall–Kier alpha value is -3.51. The van der Waals surface area contributed by atoms with E-state index in [9.17, 15) is 9.59 Å². The quantitative estimate of drug-likeness (QED) is 0.456. The Balaban J connectivity index is 1.60. The van der Waals surface area contributed by atoms with Gasteiger partial charge in [0, 0.05) is 62.4 Å². The van der Waals surface area contributed by atoms with Crippen LogP contribution in [0.1, 0.15) is 30.0 Å². The minimum Gasteiger partial charge on any atom is -0.341 e. The number of hydrogen-bond acceptors (Lipinski definition) is 7. The molecule has 0 aromatic carbocycles. The van der Waals surface area contributed by atoms with Crippen molar-refractivity contribution < 1.29 is 0 Å². The van der Waals surface area contributed by atoms with Gasteiger partial charge in [-0.15, -0.1) is 6.42 Å². The molecule has 0 spiro atoms. The van der Waals surface area contributed by atoms with E-state index in [1.165, 1.54) is 9.13 Å². The van der Waals surface area contributed by atoms with Crippen LogP contribution in [0.5, 0.6) is 0 Å². The highest BCUT2D eigenvalue weighted by atomic mass is 16.2. The molecule has 160 valence electrons. The van der Waals surface area contributed by atoms with Crippen LogP contribution < -0.4 is 16.0 Å². The number of hydrogen-bond donors (Lipinski definition) is 0. The minimum atomic E-state index is -0.578. The molecule has 9 heteroatoms. The molecule has 1 aliphatic heterocycles. The van der Waals surface area contributed by atoms with Crippen LogP contribution in [0.15, 0.2) is 34.2 Å². The van der Waals surface area contributed by atoms with E-state index in [1.807, 2.05) is 26.5 Å². The normalized spacial score (nSPS) is 14.9.